The van der Waals surface area contributed by atoms with E-state index < -0.39 is 0 Å². The summed E-state index contributed by atoms with van der Waals surface area (Å²) in [5, 5.41) is 2.82. The molecule has 22 heavy (non-hydrogen) atoms. The summed E-state index contributed by atoms with van der Waals surface area (Å²) in [5.74, 6) is -0.319. The fraction of sp³-hybridized carbons (Fsp3) is 0.222. The number of nitrogens with one attached hydrogen (secondary N) is 1. The van der Waals surface area contributed by atoms with Crippen molar-refractivity contribution in [2.45, 2.75) is 20.4 Å². The van der Waals surface area contributed by atoms with E-state index in [1.165, 1.54) is 11.8 Å². The van der Waals surface area contributed by atoms with Crippen LogP contribution < -0.4 is 5.32 Å². The molecule has 114 valence electrons. The first-order valence-electron chi connectivity index (χ1n) is 7.20. The highest BCUT2D eigenvalue weighted by Gasteiger charge is 2.14. The van der Waals surface area contributed by atoms with Crippen LogP contribution in [0, 0.1) is 6.92 Å². The molecule has 0 radical (unpaired) electrons. The van der Waals surface area contributed by atoms with Crippen LogP contribution in [0.2, 0.25) is 0 Å². The van der Waals surface area contributed by atoms with Gasteiger partial charge in [0, 0.05) is 19.2 Å². The minimum atomic E-state index is -0.197. The van der Waals surface area contributed by atoms with Crippen molar-refractivity contribution in [2.75, 3.05) is 11.9 Å². The quantitative estimate of drug-likeness (QED) is 0.922. The van der Waals surface area contributed by atoms with Crippen molar-refractivity contribution in [3.05, 3.63) is 65.7 Å². The molecular weight excluding hydrogens is 276 g/mol. The molecule has 0 aliphatic rings. The molecule has 2 rings (SSSR count). The topological polar surface area (TPSA) is 49.4 Å². The number of rotatable bonds is 5. The third-order valence-corrected chi connectivity index (χ3v) is 3.30. The minimum absolute atomic E-state index is 0.0399. The van der Waals surface area contributed by atoms with Gasteiger partial charge in [-0.3, -0.25) is 9.59 Å². The fourth-order valence-corrected chi connectivity index (χ4v) is 2.18. The Labute approximate surface area is 130 Å². The lowest BCUT2D eigenvalue weighted by Gasteiger charge is -2.20. The van der Waals surface area contributed by atoms with Gasteiger partial charge in [-0.05, 0) is 30.2 Å². The van der Waals surface area contributed by atoms with Gasteiger partial charge >= 0.3 is 0 Å². The number of hydrogen-bond donors (Lipinski definition) is 1. The van der Waals surface area contributed by atoms with Crippen molar-refractivity contribution in [1.82, 2.24) is 4.90 Å². The largest absolute Gasteiger partial charge is 0.329 e. The molecule has 2 aromatic rings. The predicted molar refractivity (Wildman–Crippen MR) is 87.3 cm³/mol. The first kappa shape index (κ1) is 15.8. The van der Waals surface area contributed by atoms with E-state index >= 15 is 0 Å². The maximum Gasteiger partial charge on any atom is 0.244 e. The van der Waals surface area contributed by atoms with Crippen LogP contribution in [0.3, 0.4) is 0 Å². The van der Waals surface area contributed by atoms with Crippen LogP contribution in [0.1, 0.15) is 18.1 Å². The molecule has 0 aliphatic heterocycles. The Morgan fingerprint density at radius 2 is 1.77 bits per heavy atom. The Bertz CT molecular complexity index is 653. The average molecular weight is 296 g/mol. The van der Waals surface area contributed by atoms with Crippen molar-refractivity contribution in [2.24, 2.45) is 0 Å². The molecule has 4 nitrogen and oxygen atoms in total. The lowest BCUT2D eigenvalue weighted by molar-refractivity contribution is -0.133. The molecule has 2 aromatic carbocycles. The molecule has 0 aromatic heterocycles. The standard InChI is InChI=1S/C18H20N2O2/c1-14-7-6-10-17(11-14)19-18(22)13-20(15(2)21)12-16-8-4-3-5-9-16/h3-11H,12-13H2,1-2H3,(H,19,22). The molecule has 2 amide bonds. The van der Waals surface area contributed by atoms with Crippen LogP contribution in [0.15, 0.2) is 54.6 Å². The molecule has 0 unspecified atom stereocenters. The second-order valence-corrected chi connectivity index (χ2v) is 5.28. The molecule has 4 heteroatoms. The van der Waals surface area contributed by atoms with Crippen molar-refractivity contribution >= 4 is 17.5 Å². The molecule has 0 spiro atoms. The first-order valence-corrected chi connectivity index (χ1v) is 7.20. The Kier molecular flexibility index (Phi) is 5.31. The van der Waals surface area contributed by atoms with E-state index in [1.54, 1.807) is 0 Å². The number of carbonyl (C=O) groups is 2. The smallest absolute Gasteiger partial charge is 0.244 e. The molecule has 0 saturated carbocycles. The molecule has 0 aliphatic carbocycles. The van der Waals surface area contributed by atoms with Gasteiger partial charge in [0.15, 0.2) is 0 Å². The summed E-state index contributed by atoms with van der Waals surface area (Å²) in [4.78, 5) is 25.4. The van der Waals surface area contributed by atoms with Gasteiger partial charge in [0.25, 0.3) is 0 Å². The van der Waals surface area contributed by atoms with Gasteiger partial charge in [-0.25, -0.2) is 0 Å². The van der Waals surface area contributed by atoms with E-state index in [0.29, 0.717) is 6.54 Å². The molecule has 0 atom stereocenters. The normalized spacial score (nSPS) is 10.1. The van der Waals surface area contributed by atoms with Gasteiger partial charge in [0.1, 0.15) is 6.54 Å². The predicted octanol–water partition coefficient (Wildman–Crippen LogP) is 2.98. The third-order valence-electron chi connectivity index (χ3n) is 3.30. The number of amides is 2. The zero-order chi connectivity index (χ0) is 15.9. The third kappa shape index (κ3) is 4.74. The summed E-state index contributed by atoms with van der Waals surface area (Å²) in [5.41, 5.74) is 2.82. The summed E-state index contributed by atoms with van der Waals surface area (Å²) in [6.45, 7) is 3.91. The van der Waals surface area contributed by atoms with Crippen LogP contribution in [0.5, 0.6) is 0 Å². The van der Waals surface area contributed by atoms with Crippen LogP contribution >= 0.6 is 0 Å². The van der Waals surface area contributed by atoms with Gasteiger partial charge in [0.2, 0.25) is 11.8 Å². The van der Waals surface area contributed by atoms with E-state index in [0.717, 1.165) is 16.8 Å². The van der Waals surface area contributed by atoms with Crippen molar-refractivity contribution in [3.8, 4) is 0 Å². The van der Waals surface area contributed by atoms with Crippen LogP contribution in [0.25, 0.3) is 0 Å². The van der Waals surface area contributed by atoms with E-state index in [1.807, 2.05) is 61.5 Å². The van der Waals surface area contributed by atoms with Crippen molar-refractivity contribution < 1.29 is 9.59 Å². The van der Waals surface area contributed by atoms with Gasteiger partial charge in [-0.1, -0.05) is 42.5 Å². The summed E-state index contributed by atoms with van der Waals surface area (Å²) in [7, 11) is 0. The van der Waals surface area contributed by atoms with Crippen molar-refractivity contribution in [1.29, 1.82) is 0 Å². The lowest BCUT2D eigenvalue weighted by atomic mass is 10.2. The summed E-state index contributed by atoms with van der Waals surface area (Å²) >= 11 is 0. The van der Waals surface area contributed by atoms with E-state index in [9.17, 15) is 9.59 Å². The van der Waals surface area contributed by atoms with Gasteiger partial charge in [-0.2, -0.15) is 0 Å². The zero-order valence-corrected chi connectivity index (χ0v) is 12.9. The fourth-order valence-electron chi connectivity index (χ4n) is 2.18. The maximum absolute atomic E-state index is 12.1. The molecule has 0 heterocycles. The zero-order valence-electron chi connectivity index (χ0n) is 12.9. The number of anilines is 1. The highest BCUT2D eigenvalue weighted by atomic mass is 16.2. The maximum atomic E-state index is 12.1. The Morgan fingerprint density at radius 1 is 1.05 bits per heavy atom. The second kappa shape index (κ2) is 7.41. The molecular formula is C18H20N2O2. The highest BCUT2D eigenvalue weighted by molar-refractivity contribution is 5.94. The van der Waals surface area contributed by atoms with Gasteiger partial charge in [-0.15, -0.1) is 0 Å². The number of hydrogen-bond acceptors (Lipinski definition) is 2. The number of nitrogens with zero attached hydrogens (tertiary/aromatic N) is 1. The van der Waals surface area contributed by atoms with Crippen LogP contribution in [-0.2, 0) is 16.1 Å². The number of aryl methyl sites for hydroxylation is 1. The molecule has 0 bridgehead atoms. The molecule has 0 saturated heterocycles. The van der Waals surface area contributed by atoms with Crippen LogP contribution in [-0.4, -0.2) is 23.3 Å². The highest BCUT2D eigenvalue weighted by Crippen LogP contribution is 2.10. The lowest BCUT2D eigenvalue weighted by Crippen LogP contribution is -2.36. The van der Waals surface area contributed by atoms with Crippen molar-refractivity contribution in [3.63, 3.8) is 0 Å². The Balaban J connectivity index is 1.98. The summed E-state index contributed by atoms with van der Waals surface area (Å²) in [6.07, 6.45) is 0. The number of benzene rings is 2. The minimum Gasteiger partial charge on any atom is -0.329 e. The van der Waals surface area contributed by atoms with Gasteiger partial charge < -0.3 is 10.2 Å². The summed E-state index contributed by atoms with van der Waals surface area (Å²) < 4.78 is 0. The first-order chi connectivity index (χ1) is 10.5. The molecule has 1 N–H and O–H groups in total. The Hall–Kier alpha value is -2.62. The number of carbonyl (C=O) groups excluding carboxylic acids is 2. The monoisotopic (exact) mass is 296 g/mol. The van der Waals surface area contributed by atoms with E-state index in [-0.39, 0.29) is 18.4 Å². The SMILES string of the molecule is CC(=O)N(CC(=O)Nc1cccc(C)c1)Cc1ccccc1. The van der Waals surface area contributed by atoms with Gasteiger partial charge in [0.05, 0.1) is 0 Å². The Morgan fingerprint density at radius 3 is 2.41 bits per heavy atom. The summed E-state index contributed by atoms with van der Waals surface area (Å²) in [6, 6.07) is 17.2. The second-order valence-electron chi connectivity index (χ2n) is 5.28. The van der Waals surface area contributed by atoms with E-state index in [2.05, 4.69) is 5.32 Å². The van der Waals surface area contributed by atoms with Crippen LogP contribution in [0.4, 0.5) is 5.69 Å². The van der Waals surface area contributed by atoms with E-state index in [4.69, 9.17) is 0 Å². The average Bonchev–Trinajstić information content (AvgIpc) is 2.47. The molecule has 0 fully saturated rings.